The fourth-order valence-corrected chi connectivity index (χ4v) is 4.82. The van der Waals surface area contributed by atoms with E-state index in [9.17, 15) is 9.59 Å². The predicted molar refractivity (Wildman–Crippen MR) is 146 cm³/mol. The average molecular weight is 539 g/mol. The van der Waals surface area contributed by atoms with Crippen LogP contribution in [0.5, 0.6) is 5.75 Å². The molecule has 0 N–H and O–H groups in total. The minimum atomic E-state index is -0.972. The zero-order valence-corrected chi connectivity index (χ0v) is 23.0. The zero-order valence-electron chi connectivity index (χ0n) is 22.2. The van der Waals surface area contributed by atoms with Gasteiger partial charge in [0.05, 0.1) is 25.3 Å². The molecular formula is C29H35ClN4O4. The lowest BCUT2D eigenvalue weighted by molar-refractivity contribution is -0.165. The topological polar surface area (TPSA) is 76.9 Å². The number of benzene rings is 2. The molecular weight excluding hydrogens is 504 g/mol. The summed E-state index contributed by atoms with van der Waals surface area (Å²) in [5.41, 5.74) is 2.06. The van der Waals surface area contributed by atoms with Gasteiger partial charge in [0.15, 0.2) is 0 Å². The molecule has 38 heavy (non-hydrogen) atoms. The summed E-state index contributed by atoms with van der Waals surface area (Å²) in [7, 11) is 3.66. The van der Waals surface area contributed by atoms with Gasteiger partial charge < -0.3 is 19.3 Å². The van der Waals surface area contributed by atoms with Crippen LogP contribution in [-0.2, 0) is 34.3 Å². The number of halogens is 1. The summed E-state index contributed by atoms with van der Waals surface area (Å²) in [4.78, 5) is 30.1. The van der Waals surface area contributed by atoms with Crippen LogP contribution in [0.1, 0.15) is 29.7 Å². The molecule has 8 nitrogen and oxygen atoms in total. The minimum absolute atomic E-state index is 0.0255. The zero-order chi connectivity index (χ0) is 27.1. The van der Waals surface area contributed by atoms with E-state index in [1.165, 1.54) is 0 Å². The SMILES string of the molecule is Cc1nn(C)cc1CCC(=O)N1CCO[C@@](COc2ccc(Cl)cc2)(CC(=O)N(C)Cc2ccccc2)C1. The van der Waals surface area contributed by atoms with Crippen molar-refractivity contribution in [3.8, 4) is 5.75 Å². The molecule has 9 heteroatoms. The van der Waals surface area contributed by atoms with Gasteiger partial charge in [0.25, 0.3) is 0 Å². The predicted octanol–water partition coefficient (Wildman–Crippen LogP) is 4.04. The lowest BCUT2D eigenvalue weighted by atomic mass is 9.96. The third kappa shape index (κ3) is 7.36. The summed E-state index contributed by atoms with van der Waals surface area (Å²) in [6, 6.07) is 16.9. The first-order valence-electron chi connectivity index (χ1n) is 12.8. The first-order chi connectivity index (χ1) is 18.2. The number of ether oxygens (including phenoxy) is 2. The van der Waals surface area contributed by atoms with Crippen LogP contribution < -0.4 is 4.74 Å². The van der Waals surface area contributed by atoms with Crippen molar-refractivity contribution in [1.82, 2.24) is 19.6 Å². The number of carbonyl (C=O) groups excluding carboxylic acids is 2. The van der Waals surface area contributed by atoms with E-state index in [1.807, 2.05) is 50.5 Å². The van der Waals surface area contributed by atoms with Crippen molar-refractivity contribution in [2.24, 2.45) is 7.05 Å². The van der Waals surface area contributed by atoms with E-state index in [0.717, 1.165) is 16.8 Å². The summed E-state index contributed by atoms with van der Waals surface area (Å²) >= 11 is 6.02. The van der Waals surface area contributed by atoms with Gasteiger partial charge in [-0.2, -0.15) is 5.10 Å². The molecule has 2 heterocycles. The lowest BCUT2D eigenvalue weighted by Crippen LogP contribution is -2.58. The molecule has 0 unspecified atom stereocenters. The summed E-state index contributed by atoms with van der Waals surface area (Å²) in [5.74, 6) is 0.573. The van der Waals surface area contributed by atoms with Crippen LogP contribution >= 0.6 is 11.6 Å². The monoisotopic (exact) mass is 538 g/mol. The van der Waals surface area contributed by atoms with Crippen molar-refractivity contribution < 1.29 is 19.1 Å². The van der Waals surface area contributed by atoms with Gasteiger partial charge in [0.2, 0.25) is 11.8 Å². The number of hydrogen-bond acceptors (Lipinski definition) is 5. The van der Waals surface area contributed by atoms with Crippen molar-refractivity contribution >= 4 is 23.4 Å². The maximum atomic E-state index is 13.4. The molecule has 0 bridgehead atoms. The van der Waals surface area contributed by atoms with E-state index in [4.69, 9.17) is 21.1 Å². The van der Waals surface area contributed by atoms with E-state index < -0.39 is 5.60 Å². The highest BCUT2D eigenvalue weighted by Crippen LogP contribution is 2.27. The molecule has 1 aromatic heterocycles. The Balaban J connectivity index is 1.46. The first-order valence-corrected chi connectivity index (χ1v) is 13.2. The van der Waals surface area contributed by atoms with E-state index >= 15 is 0 Å². The van der Waals surface area contributed by atoms with Crippen molar-refractivity contribution in [2.45, 2.75) is 38.3 Å². The number of rotatable bonds is 10. The maximum Gasteiger partial charge on any atom is 0.225 e. The maximum absolute atomic E-state index is 13.4. The molecule has 2 amide bonds. The van der Waals surface area contributed by atoms with Gasteiger partial charge in [-0.1, -0.05) is 41.9 Å². The lowest BCUT2D eigenvalue weighted by Gasteiger charge is -2.42. The molecule has 202 valence electrons. The molecule has 1 aliphatic rings. The van der Waals surface area contributed by atoms with Gasteiger partial charge in [-0.05, 0) is 48.7 Å². The Morgan fingerprint density at radius 3 is 2.58 bits per heavy atom. The standard InChI is InChI=1S/C29H35ClN4O4/c1-22-24(19-33(3)31-22)9-14-27(35)34-15-16-38-29(20-34,21-37-26-12-10-25(30)11-13-26)17-28(36)32(2)18-23-7-5-4-6-8-23/h4-8,10-13,19H,9,14-18,20-21H2,1-3H3/t29-/m0/s1. The number of morpholine rings is 1. The number of carbonyl (C=O) groups is 2. The molecule has 2 aromatic carbocycles. The molecule has 0 aliphatic carbocycles. The first kappa shape index (κ1) is 27.7. The Morgan fingerprint density at radius 1 is 1.16 bits per heavy atom. The number of nitrogens with zero attached hydrogens (tertiary/aromatic N) is 4. The van der Waals surface area contributed by atoms with Crippen LogP contribution in [0.25, 0.3) is 0 Å². The molecule has 0 saturated carbocycles. The number of amides is 2. The van der Waals surface area contributed by atoms with Crippen LogP contribution in [-0.4, -0.2) is 70.3 Å². The van der Waals surface area contributed by atoms with Crippen LogP contribution in [0.4, 0.5) is 0 Å². The van der Waals surface area contributed by atoms with Crippen LogP contribution in [0.15, 0.2) is 60.8 Å². The second kappa shape index (κ2) is 12.5. The summed E-state index contributed by atoms with van der Waals surface area (Å²) in [6.07, 6.45) is 3.02. The Hall–Kier alpha value is -3.36. The third-order valence-corrected chi connectivity index (χ3v) is 7.05. The quantitative estimate of drug-likeness (QED) is 0.389. The van der Waals surface area contributed by atoms with Crippen LogP contribution in [0, 0.1) is 6.92 Å². The molecule has 1 atom stereocenters. The fraction of sp³-hybridized carbons (Fsp3) is 0.414. The van der Waals surface area contributed by atoms with Crippen LogP contribution in [0.3, 0.4) is 0 Å². The number of aromatic nitrogens is 2. The Kier molecular flexibility index (Phi) is 9.07. The highest BCUT2D eigenvalue weighted by Gasteiger charge is 2.42. The Bertz CT molecular complexity index is 1230. The van der Waals surface area contributed by atoms with Gasteiger partial charge in [0.1, 0.15) is 18.0 Å². The van der Waals surface area contributed by atoms with Gasteiger partial charge >= 0.3 is 0 Å². The number of aryl methyl sites for hydroxylation is 3. The Morgan fingerprint density at radius 2 is 1.89 bits per heavy atom. The van der Waals surface area contributed by atoms with E-state index in [0.29, 0.717) is 43.3 Å². The van der Waals surface area contributed by atoms with Crippen molar-refractivity contribution in [3.05, 3.63) is 82.6 Å². The summed E-state index contributed by atoms with van der Waals surface area (Å²) < 4.78 is 14.1. The van der Waals surface area contributed by atoms with Crippen molar-refractivity contribution in [1.29, 1.82) is 0 Å². The van der Waals surface area contributed by atoms with Gasteiger partial charge in [-0.25, -0.2) is 0 Å². The highest BCUT2D eigenvalue weighted by atomic mass is 35.5. The van der Waals surface area contributed by atoms with Crippen molar-refractivity contribution in [3.63, 3.8) is 0 Å². The minimum Gasteiger partial charge on any atom is -0.490 e. The smallest absolute Gasteiger partial charge is 0.225 e. The van der Waals surface area contributed by atoms with Crippen LogP contribution in [0.2, 0.25) is 5.02 Å². The molecule has 1 aliphatic heterocycles. The summed E-state index contributed by atoms with van der Waals surface area (Å²) in [5, 5.41) is 4.98. The van der Waals surface area contributed by atoms with Crippen molar-refractivity contribution in [2.75, 3.05) is 33.4 Å². The van der Waals surface area contributed by atoms with E-state index in [1.54, 1.807) is 45.8 Å². The van der Waals surface area contributed by atoms with Gasteiger partial charge in [0, 0.05) is 44.8 Å². The summed E-state index contributed by atoms with van der Waals surface area (Å²) in [6.45, 7) is 3.65. The van der Waals surface area contributed by atoms with E-state index in [-0.39, 0.29) is 31.4 Å². The second-order valence-corrected chi connectivity index (χ2v) is 10.4. The van der Waals surface area contributed by atoms with E-state index in [2.05, 4.69) is 5.10 Å². The second-order valence-electron chi connectivity index (χ2n) is 9.91. The highest BCUT2D eigenvalue weighted by molar-refractivity contribution is 6.30. The fourth-order valence-electron chi connectivity index (χ4n) is 4.70. The average Bonchev–Trinajstić information content (AvgIpc) is 3.24. The third-order valence-electron chi connectivity index (χ3n) is 6.80. The molecule has 0 radical (unpaired) electrons. The molecule has 4 rings (SSSR count). The number of hydrogen-bond donors (Lipinski definition) is 0. The molecule has 0 spiro atoms. The van der Waals surface area contributed by atoms with Gasteiger partial charge in [-0.15, -0.1) is 0 Å². The molecule has 1 fully saturated rings. The largest absolute Gasteiger partial charge is 0.490 e. The molecule has 1 saturated heterocycles. The molecule has 3 aromatic rings. The Labute approximate surface area is 229 Å². The van der Waals surface area contributed by atoms with Gasteiger partial charge in [-0.3, -0.25) is 14.3 Å². The normalized spacial score (nSPS) is 17.3.